The Morgan fingerprint density at radius 2 is 1.68 bits per heavy atom. The van der Waals surface area contributed by atoms with Gasteiger partial charge in [0, 0.05) is 25.1 Å². The summed E-state index contributed by atoms with van der Waals surface area (Å²) in [5.74, 6) is 0.0296. The first-order valence-electron chi connectivity index (χ1n) is 6.69. The molecule has 0 aromatic heterocycles. The van der Waals surface area contributed by atoms with Gasteiger partial charge in [0.2, 0.25) is 10.0 Å². The molecule has 5 heteroatoms. The number of carbonyl (C=O) groups excluding carboxylic acids is 1. The van der Waals surface area contributed by atoms with Crippen molar-refractivity contribution in [3.8, 4) is 0 Å². The number of piperidine rings is 1. The summed E-state index contributed by atoms with van der Waals surface area (Å²) in [6, 6.07) is 6.27. The van der Waals surface area contributed by atoms with E-state index in [1.165, 1.54) is 16.4 Å². The summed E-state index contributed by atoms with van der Waals surface area (Å²) in [7, 11) is -3.39. The molecule has 1 fully saturated rings. The fourth-order valence-corrected chi connectivity index (χ4v) is 3.79. The zero-order valence-corrected chi connectivity index (χ0v) is 11.9. The van der Waals surface area contributed by atoms with E-state index >= 15 is 0 Å². The normalized spacial score (nSPS) is 17.3. The molecule has 0 radical (unpaired) electrons. The largest absolute Gasteiger partial charge is 0.294 e. The Kier molecular flexibility index (Phi) is 4.37. The molecule has 1 heterocycles. The van der Waals surface area contributed by atoms with E-state index in [0.29, 0.717) is 25.1 Å². The fraction of sp³-hybridized carbons (Fsp3) is 0.500. The average molecular weight is 281 g/mol. The Labute approximate surface area is 114 Å². The predicted molar refractivity (Wildman–Crippen MR) is 73.7 cm³/mol. The van der Waals surface area contributed by atoms with Crippen molar-refractivity contribution >= 4 is 15.8 Å². The molecule has 1 aromatic carbocycles. The lowest BCUT2D eigenvalue weighted by molar-refractivity contribution is 0.0988. The summed E-state index contributed by atoms with van der Waals surface area (Å²) in [5, 5.41) is 0. The van der Waals surface area contributed by atoms with Crippen LogP contribution in [-0.4, -0.2) is 31.6 Å². The molecule has 2 rings (SSSR count). The maximum absolute atomic E-state index is 12.4. The second-order valence-corrected chi connectivity index (χ2v) is 6.70. The van der Waals surface area contributed by atoms with Crippen molar-refractivity contribution in [3.63, 3.8) is 0 Å². The van der Waals surface area contributed by atoms with Gasteiger partial charge in [0.05, 0.1) is 4.90 Å². The molecule has 1 aliphatic rings. The van der Waals surface area contributed by atoms with E-state index in [4.69, 9.17) is 0 Å². The van der Waals surface area contributed by atoms with E-state index in [1.807, 2.05) is 0 Å². The zero-order valence-electron chi connectivity index (χ0n) is 11.1. The van der Waals surface area contributed by atoms with Gasteiger partial charge in [0.1, 0.15) is 0 Å². The molecular weight excluding hydrogens is 262 g/mol. The summed E-state index contributed by atoms with van der Waals surface area (Å²) in [4.78, 5) is 11.8. The van der Waals surface area contributed by atoms with Crippen molar-refractivity contribution in [1.82, 2.24) is 4.31 Å². The molecule has 0 spiro atoms. The molecule has 0 amide bonds. The van der Waals surface area contributed by atoms with Crippen LogP contribution in [0.15, 0.2) is 29.2 Å². The molecular formula is C14H19NO3S. The smallest absolute Gasteiger partial charge is 0.243 e. The highest BCUT2D eigenvalue weighted by atomic mass is 32.2. The standard InChI is InChI=1S/C14H19NO3S/c1-2-14(16)12-6-8-13(9-7-12)19(17,18)15-10-4-3-5-11-15/h6-9H,2-5,10-11H2,1H3. The van der Waals surface area contributed by atoms with Crippen LogP contribution in [0, 0.1) is 0 Å². The number of benzene rings is 1. The number of sulfonamides is 1. The maximum Gasteiger partial charge on any atom is 0.243 e. The van der Waals surface area contributed by atoms with Crippen LogP contribution in [0.25, 0.3) is 0 Å². The number of nitrogens with zero attached hydrogens (tertiary/aromatic N) is 1. The van der Waals surface area contributed by atoms with E-state index in [0.717, 1.165) is 19.3 Å². The van der Waals surface area contributed by atoms with E-state index in [9.17, 15) is 13.2 Å². The van der Waals surface area contributed by atoms with E-state index < -0.39 is 10.0 Å². The third kappa shape index (κ3) is 3.04. The number of rotatable bonds is 4. The first kappa shape index (κ1) is 14.2. The minimum absolute atomic E-state index is 0.0296. The lowest BCUT2D eigenvalue weighted by Crippen LogP contribution is -2.35. The van der Waals surface area contributed by atoms with Gasteiger partial charge in [-0.2, -0.15) is 4.31 Å². The van der Waals surface area contributed by atoms with Crippen LogP contribution in [0.2, 0.25) is 0 Å². The van der Waals surface area contributed by atoms with Crippen LogP contribution in [0.3, 0.4) is 0 Å². The van der Waals surface area contributed by atoms with Gasteiger partial charge in [-0.25, -0.2) is 8.42 Å². The molecule has 4 nitrogen and oxygen atoms in total. The molecule has 1 saturated heterocycles. The van der Waals surface area contributed by atoms with Gasteiger partial charge >= 0.3 is 0 Å². The van der Waals surface area contributed by atoms with Crippen molar-refractivity contribution in [2.75, 3.05) is 13.1 Å². The Morgan fingerprint density at radius 1 is 1.11 bits per heavy atom. The monoisotopic (exact) mass is 281 g/mol. The molecule has 1 aliphatic heterocycles. The van der Waals surface area contributed by atoms with Gasteiger partial charge in [0.25, 0.3) is 0 Å². The minimum Gasteiger partial charge on any atom is -0.294 e. The number of ketones is 1. The number of hydrogen-bond acceptors (Lipinski definition) is 3. The van der Waals surface area contributed by atoms with E-state index in [-0.39, 0.29) is 10.7 Å². The topological polar surface area (TPSA) is 54.5 Å². The Hall–Kier alpha value is -1.20. The van der Waals surface area contributed by atoms with Crippen molar-refractivity contribution in [2.24, 2.45) is 0 Å². The summed E-state index contributed by atoms with van der Waals surface area (Å²) in [6.45, 7) is 2.98. The second-order valence-electron chi connectivity index (χ2n) is 4.77. The molecule has 0 saturated carbocycles. The Bertz CT molecular complexity index is 543. The van der Waals surface area contributed by atoms with Crippen LogP contribution >= 0.6 is 0 Å². The highest BCUT2D eigenvalue weighted by Crippen LogP contribution is 2.21. The molecule has 104 valence electrons. The molecule has 0 atom stereocenters. The molecule has 0 aliphatic carbocycles. The molecule has 1 aromatic rings. The third-order valence-electron chi connectivity index (χ3n) is 3.45. The Morgan fingerprint density at radius 3 is 2.21 bits per heavy atom. The number of Topliss-reactive ketones (excluding diaryl/α,β-unsaturated/α-hetero) is 1. The lowest BCUT2D eigenvalue weighted by atomic mass is 10.1. The number of carbonyl (C=O) groups is 1. The quantitative estimate of drug-likeness (QED) is 0.797. The molecule has 0 N–H and O–H groups in total. The molecule has 19 heavy (non-hydrogen) atoms. The first-order chi connectivity index (χ1) is 9.05. The lowest BCUT2D eigenvalue weighted by Gasteiger charge is -2.25. The van der Waals surface area contributed by atoms with Crippen LogP contribution in [-0.2, 0) is 10.0 Å². The summed E-state index contributed by atoms with van der Waals surface area (Å²) < 4.78 is 26.3. The van der Waals surface area contributed by atoms with E-state index in [2.05, 4.69) is 0 Å². The van der Waals surface area contributed by atoms with Crippen molar-refractivity contribution in [2.45, 2.75) is 37.5 Å². The van der Waals surface area contributed by atoms with Crippen molar-refractivity contribution < 1.29 is 13.2 Å². The highest BCUT2D eigenvalue weighted by Gasteiger charge is 2.25. The summed E-state index contributed by atoms with van der Waals surface area (Å²) in [5.41, 5.74) is 0.570. The van der Waals surface area contributed by atoms with Gasteiger partial charge in [-0.05, 0) is 25.0 Å². The summed E-state index contributed by atoms with van der Waals surface area (Å²) in [6.07, 6.45) is 3.37. The molecule has 0 unspecified atom stereocenters. The van der Waals surface area contributed by atoms with Crippen LogP contribution in [0.1, 0.15) is 43.0 Å². The van der Waals surface area contributed by atoms with Crippen LogP contribution in [0.5, 0.6) is 0 Å². The third-order valence-corrected chi connectivity index (χ3v) is 5.36. The first-order valence-corrected chi connectivity index (χ1v) is 8.13. The second kappa shape index (κ2) is 5.84. The van der Waals surface area contributed by atoms with Gasteiger partial charge in [-0.1, -0.05) is 25.5 Å². The predicted octanol–water partition coefficient (Wildman–Crippen LogP) is 2.45. The van der Waals surface area contributed by atoms with Crippen molar-refractivity contribution in [3.05, 3.63) is 29.8 Å². The van der Waals surface area contributed by atoms with Crippen molar-refractivity contribution in [1.29, 1.82) is 0 Å². The van der Waals surface area contributed by atoms with Gasteiger partial charge in [0.15, 0.2) is 5.78 Å². The van der Waals surface area contributed by atoms with Crippen LogP contribution < -0.4 is 0 Å². The van der Waals surface area contributed by atoms with Gasteiger partial charge < -0.3 is 0 Å². The number of hydrogen-bond donors (Lipinski definition) is 0. The molecule has 0 bridgehead atoms. The average Bonchev–Trinajstić information content (AvgIpc) is 2.47. The SMILES string of the molecule is CCC(=O)c1ccc(S(=O)(=O)N2CCCCC2)cc1. The fourth-order valence-electron chi connectivity index (χ4n) is 2.27. The zero-order chi connectivity index (χ0) is 13.9. The van der Waals surface area contributed by atoms with Gasteiger partial charge in [-0.3, -0.25) is 4.79 Å². The summed E-state index contributed by atoms with van der Waals surface area (Å²) >= 11 is 0. The maximum atomic E-state index is 12.4. The van der Waals surface area contributed by atoms with Crippen LogP contribution in [0.4, 0.5) is 0 Å². The highest BCUT2D eigenvalue weighted by molar-refractivity contribution is 7.89. The Balaban J connectivity index is 2.23. The van der Waals surface area contributed by atoms with Gasteiger partial charge in [-0.15, -0.1) is 0 Å². The van der Waals surface area contributed by atoms with E-state index in [1.54, 1.807) is 19.1 Å². The minimum atomic E-state index is -3.39.